The third kappa shape index (κ3) is 3.28. The predicted octanol–water partition coefficient (Wildman–Crippen LogP) is 2.99. The second-order valence-electron chi connectivity index (χ2n) is 1.92. The van der Waals surface area contributed by atoms with Gasteiger partial charge in [-0.05, 0) is 13.0 Å². The Kier molecular flexibility index (Phi) is 5.88. The number of hydrogen-bond acceptors (Lipinski definition) is 2. The zero-order chi connectivity index (χ0) is 9.40. The van der Waals surface area contributed by atoms with Gasteiger partial charge in [-0.1, -0.05) is 32.6 Å². The molecule has 0 saturated heterocycles. The van der Waals surface area contributed by atoms with Gasteiger partial charge in [0.25, 0.3) is 0 Å². The molecular weight excluding hydrogens is 152 g/mol. The Bertz CT molecular complexity index is 190. The van der Waals surface area contributed by atoms with Gasteiger partial charge in [0.1, 0.15) is 5.76 Å². The normalized spacial score (nSPS) is 14.9. The summed E-state index contributed by atoms with van der Waals surface area (Å²) in [5.74, 6) is 1.62. The first-order valence-corrected chi connectivity index (χ1v) is 4.10. The Labute approximate surface area is 74.2 Å². The summed E-state index contributed by atoms with van der Waals surface area (Å²) < 4.78 is 10.1. The lowest BCUT2D eigenvalue weighted by Crippen LogP contribution is -1.80. The monoisotopic (exact) mass is 168 g/mol. The van der Waals surface area contributed by atoms with Gasteiger partial charge >= 0.3 is 0 Å². The summed E-state index contributed by atoms with van der Waals surface area (Å²) in [5.41, 5.74) is 0. The standard InChI is InChI=1S/C8H10O2.C2H6/c1-3-4-5-8-7(2)9-6-10-8;1-2/h3-5H,1,6H2,2H3;1-2H3/b5-4-;. The summed E-state index contributed by atoms with van der Waals surface area (Å²) in [6.07, 6.45) is 5.34. The molecule has 68 valence electrons. The molecule has 0 saturated carbocycles. The first kappa shape index (κ1) is 10.8. The van der Waals surface area contributed by atoms with E-state index in [1.807, 2.05) is 32.9 Å². The molecule has 0 N–H and O–H groups in total. The minimum absolute atomic E-state index is 0.336. The second-order valence-corrected chi connectivity index (χ2v) is 1.92. The van der Waals surface area contributed by atoms with E-state index >= 15 is 0 Å². The average molecular weight is 168 g/mol. The topological polar surface area (TPSA) is 18.5 Å². The molecule has 0 bridgehead atoms. The van der Waals surface area contributed by atoms with Crippen LogP contribution in [0, 0.1) is 0 Å². The molecule has 0 amide bonds. The average Bonchev–Trinajstić information content (AvgIpc) is 2.51. The van der Waals surface area contributed by atoms with E-state index < -0.39 is 0 Å². The summed E-state index contributed by atoms with van der Waals surface area (Å²) >= 11 is 0. The Hall–Kier alpha value is -1.18. The number of rotatable bonds is 2. The van der Waals surface area contributed by atoms with Crippen LogP contribution in [0.4, 0.5) is 0 Å². The van der Waals surface area contributed by atoms with E-state index in [1.54, 1.807) is 6.08 Å². The fourth-order valence-corrected chi connectivity index (χ4v) is 0.675. The molecule has 2 nitrogen and oxygen atoms in total. The molecule has 0 radical (unpaired) electrons. The molecule has 0 unspecified atom stereocenters. The van der Waals surface area contributed by atoms with Crippen molar-refractivity contribution in [3.05, 3.63) is 36.3 Å². The molecule has 1 rings (SSSR count). The van der Waals surface area contributed by atoms with Crippen molar-refractivity contribution in [3.8, 4) is 0 Å². The lowest BCUT2D eigenvalue weighted by molar-refractivity contribution is 0.0750. The van der Waals surface area contributed by atoms with Crippen LogP contribution in [-0.4, -0.2) is 6.79 Å². The van der Waals surface area contributed by atoms with Crippen molar-refractivity contribution in [1.29, 1.82) is 0 Å². The van der Waals surface area contributed by atoms with Gasteiger partial charge in [-0.15, -0.1) is 0 Å². The molecule has 1 aliphatic rings. The first-order valence-electron chi connectivity index (χ1n) is 4.10. The highest BCUT2D eigenvalue weighted by Gasteiger charge is 2.08. The van der Waals surface area contributed by atoms with E-state index in [0.29, 0.717) is 6.79 Å². The lowest BCUT2D eigenvalue weighted by atomic mass is 10.4. The third-order valence-corrected chi connectivity index (χ3v) is 1.22. The van der Waals surface area contributed by atoms with Crippen molar-refractivity contribution in [3.63, 3.8) is 0 Å². The van der Waals surface area contributed by atoms with E-state index in [9.17, 15) is 0 Å². The Morgan fingerprint density at radius 3 is 2.42 bits per heavy atom. The van der Waals surface area contributed by atoms with Crippen LogP contribution in [0.15, 0.2) is 36.3 Å². The van der Waals surface area contributed by atoms with E-state index in [2.05, 4.69) is 6.58 Å². The van der Waals surface area contributed by atoms with E-state index in [1.165, 1.54) is 0 Å². The van der Waals surface area contributed by atoms with Crippen molar-refractivity contribution < 1.29 is 9.47 Å². The molecule has 0 spiro atoms. The molecule has 2 heteroatoms. The lowest BCUT2D eigenvalue weighted by Gasteiger charge is -1.89. The molecule has 1 heterocycles. The molecule has 0 aromatic rings. The number of hydrogen-bond donors (Lipinski definition) is 0. The zero-order valence-electron chi connectivity index (χ0n) is 7.96. The van der Waals surface area contributed by atoms with E-state index in [0.717, 1.165) is 11.5 Å². The van der Waals surface area contributed by atoms with Gasteiger partial charge < -0.3 is 9.47 Å². The summed E-state index contributed by atoms with van der Waals surface area (Å²) in [5, 5.41) is 0. The van der Waals surface area contributed by atoms with Gasteiger partial charge in [0, 0.05) is 0 Å². The fourth-order valence-electron chi connectivity index (χ4n) is 0.675. The molecule has 12 heavy (non-hydrogen) atoms. The third-order valence-electron chi connectivity index (χ3n) is 1.22. The smallest absolute Gasteiger partial charge is 0.230 e. The number of ether oxygens (including phenoxy) is 2. The summed E-state index contributed by atoms with van der Waals surface area (Å²) in [4.78, 5) is 0. The Balaban J connectivity index is 0.000000561. The molecule has 0 aromatic heterocycles. The van der Waals surface area contributed by atoms with Gasteiger partial charge in [0.2, 0.25) is 6.79 Å². The van der Waals surface area contributed by atoms with Crippen LogP contribution in [0.25, 0.3) is 0 Å². The maximum Gasteiger partial charge on any atom is 0.230 e. The van der Waals surface area contributed by atoms with Crippen LogP contribution in [0.3, 0.4) is 0 Å². The molecular formula is C10H16O2. The summed E-state index contributed by atoms with van der Waals surface area (Å²) in [6, 6.07) is 0. The highest BCUT2D eigenvalue weighted by atomic mass is 16.7. The van der Waals surface area contributed by atoms with Crippen molar-refractivity contribution >= 4 is 0 Å². The van der Waals surface area contributed by atoms with Crippen molar-refractivity contribution in [2.45, 2.75) is 20.8 Å². The van der Waals surface area contributed by atoms with Gasteiger partial charge in [-0.25, -0.2) is 0 Å². The van der Waals surface area contributed by atoms with Gasteiger partial charge in [-0.2, -0.15) is 0 Å². The first-order chi connectivity index (χ1) is 5.84. The number of allylic oxidation sites excluding steroid dienone is 4. The van der Waals surface area contributed by atoms with E-state index in [4.69, 9.17) is 9.47 Å². The van der Waals surface area contributed by atoms with Gasteiger partial charge in [0.05, 0.1) is 0 Å². The van der Waals surface area contributed by atoms with Crippen LogP contribution in [0.1, 0.15) is 20.8 Å². The molecule has 0 fully saturated rings. The fraction of sp³-hybridized carbons (Fsp3) is 0.400. The van der Waals surface area contributed by atoms with Crippen LogP contribution in [0.2, 0.25) is 0 Å². The molecule has 0 aromatic carbocycles. The Morgan fingerprint density at radius 1 is 1.33 bits per heavy atom. The van der Waals surface area contributed by atoms with Crippen LogP contribution >= 0.6 is 0 Å². The quantitative estimate of drug-likeness (QED) is 0.590. The van der Waals surface area contributed by atoms with Crippen molar-refractivity contribution in [1.82, 2.24) is 0 Å². The highest BCUT2D eigenvalue weighted by Crippen LogP contribution is 2.15. The minimum atomic E-state index is 0.336. The summed E-state index contributed by atoms with van der Waals surface area (Å²) in [7, 11) is 0. The Morgan fingerprint density at radius 2 is 2.00 bits per heavy atom. The maximum absolute atomic E-state index is 5.09. The zero-order valence-corrected chi connectivity index (χ0v) is 7.96. The van der Waals surface area contributed by atoms with Crippen LogP contribution < -0.4 is 0 Å². The maximum atomic E-state index is 5.09. The van der Waals surface area contributed by atoms with Crippen LogP contribution in [0.5, 0.6) is 0 Å². The van der Waals surface area contributed by atoms with Gasteiger partial charge in [0.15, 0.2) is 5.76 Å². The predicted molar refractivity (Wildman–Crippen MR) is 50.4 cm³/mol. The molecule has 0 aliphatic carbocycles. The van der Waals surface area contributed by atoms with Crippen molar-refractivity contribution in [2.24, 2.45) is 0 Å². The SMILES string of the molecule is C=C/C=C\C1=C(C)OCO1.CC. The summed E-state index contributed by atoms with van der Waals surface area (Å²) in [6.45, 7) is 9.75. The largest absolute Gasteiger partial charge is 0.458 e. The van der Waals surface area contributed by atoms with Gasteiger partial charge in [-0.3, -0.25) is 0 Å². The second kappa shape index (κ2) is 6.53. The van der Waals surface area contributed by atoms with Crippen molar-refractivity contribution in [2.75, 3.05) is 6.79 Å². The van der Waals surface area contributed by atoms with E-state index in [-0.39, 0.29) is 0 Å². The minimum Gasteiger partial charge on any atom is -0.458 e. The highest BCUT2D eigenvalue weighted by molar-refractivity contribution is 5.19. The molecule has 0 atom stereocenters. The molecule has 1 aliphatic heterocycles. The van der Waals surface area contributed by atoms with Crippen LogP contribution in [-0.2, 0) is 9.47 Å².